The summed E-state index contributed by atoms with van der Waals surface area (Å²) >= 11 is 6.72. The number of carbonyl (C=O) groups excluding carboxylic acids is 2. The topological polar surface area (TPSA) is 124 Å². The molecule has 1 fully saturated rings. The predicted octanol–water partition coefficient (Wildman–Crippen LogP) is 5.04. The van der Waals surface area contributed by atoms with Crippen LogP contribution in [0.1, 0.15) is 67.2 Å². The monoisotopic (exact) mass is 576 g/mol. The first kappa shape index (κ1) is 31.2. The highest BCUT2D eigenvalue weighted by Crippen LogP contribution is 2.43. The Hall–Kier alpha value is -3.34. The molecule has 0 aliphatic heterocycles. The predicted molar refractivity (Wildman–Crippen MR) is 149 cm³/mol. The number of benzene rings is 2. The minimum Gasteiger partial charge on any atom is -0.496 e. The summed E-state index contributed by atoms with van der Waals surface area (Å²) in [6.45, 7) is 5.31. The number of Topliss-reactive ketones (excluding diaryl/α,β-unsaturated/α-hetero) is 1. The Balaban J connectivity index is 1.94. The molecule has 11 heteroatoms. The van der Waals surface area contributed by atoms with Crippen LogP contribution in [0.15, 0.2) is 36.4 Å². The van der Waals surface area contributed by atoms with Crippen molar-refractivity contribution in [3.05, 3.63) is 58.1 Å². The maximum atomic E-state index is 13.7. The van der Waals surface area contributed by atoms with Crippen molar-refractivity contribution in [2.45, 2.75) is 57.4 Å². The van der Waals surface area contributed by atoms with Crippen molar-refractivity contribution in [2.75, 3.05) is 34.5 Å². The molecule has 0 radical (unpaired) electrons. The molecule has 2 atom stereocenters. The molecule has 0 aromatic heterocycles. The second kappa shape index (κ2) is 13.3. The van der Waals surface area contributed by atoms with Crippen molar-refractivity contribution < 1.29 is 38.4 Å². The molecule has 0 unspecified atom stereocenters. The number of ether oxygens (including phenoxy) is 4. The zero-order chi connectivity index (χ0) is 29.6. The van der Waals surface area contributed by atoms with Crippen molar-refractivity contribution in [1.82, 2.24) is 10.2 Å². The zero-order valence-corrected chi connectivity index (χ0v) is 24.4. The first-order valence-corrected chi connectivity index (χ1v) is 13.3. The van der Waals surface area contributed by atoms with E-state index in [0.717, 1.165) is 5.56 Å². The molecule has 1 aliphatic carbocycles. The summed E-state index contributed by atoms with van der Waals surface area (Å²) in [7, 11) is 4.32. The van der Waals surface area contributed by atoms with Gasteiger partial charge < -0.3 is 34.3 Å². The minimum atomic E-state index is -1.45. The van der Waals surface area contributed by atoms with Gasteiger partial charge in [0.15, 0.2) is 11.5 Å². The van der Waals surface area contributed by atoms with Gasteiger partial charge in [-0.3, -0.25) is 4.79 Å². The third kappa shape index (κ3) is 6.51. The number of aliphatic carboxylic acids is 1. The normalized spacial score (nSPS) is 19.6. The number of ketones is 1. The Labute approximate surface area is 239 Å². The first-order chi connectivity index (χ1) is 19.0. The molecule has 1 saturated carbocycles. The van der Waals surface area contributed by atoms with E-state index < -0.39 is 23.6 Å². The van der Waals surface area contributed by atoms with E-state index in [1.807, 2.05) is 37.3 Å². The van der Waals surface area contributed by atoms with E-state index in [0.29, 0.717) is 5.56 Å². The molecule has 40 heavy (non-hydrogen) atoms. The lowest BCUT2D eigenvalue weighted by molar-refractivity contribution is -0.155. The highest BCUT2D eigenvalue weighted by atomic mass is 35.5. The largest absolute Gasteiger partial charge is 0.496 e. The lowest BCUT2D eigenvalue weighted by atomic mass is 9.74. The van der Waals surface area contributed by atoms with Gasteiger partial charge in [-0.15, -0.1) is 0 Å². The van der Waals surface area contributed by atoms with Gasteiger partial charge in [0.1, 0.15) is 16.9 Å². The average Bonchev–Trinajstić information content (AvgIpc) is 2.91. The molecule has 0 bridgehead atoms. The molecule has 1 aliphatic rings. The van der Waals surface area contributed by atoms with Crippen molar-refractivity contribution in [3.8, 4) is 11.5 Å². The van der Waals surface area contributed by atoms with E-state index in [9.17, 15) is 19.5 Å². The van der Waals surface area contributed by atoms with E-state index in [4.69, 9.17) is 30.5 Å². The number of hydrogen-bond donors (Lipinski definition) is 2. The highest BCUT2D eigenvalue weighted by Gasteiger charge is 2.52. The number of halogens is 1. The van der Waals surface area contributed by atoms with Gasteiger partial charge in [0, 0.05) is 32.1 Å². The summed E-state index contributed by atoms with van der Waals surface area (Å²) in [5.74, 6) is -1.06. The second-order valence-electron chi connectivity index (χ2n) is 9.82. The number of carbonyl (C=O) groups is 3. The molecule has 2 aromatic rings. The molecule has 3 rings (SSSR count). The minimum absolute atomic E-state index is 0.114. The number of methoxy groups -OCH3 is 3. The SMILES string of the molecule is COc1cc([C@@H](C)N(CCO[C@@H](C)c2ccccc2)C(=O)N[C@]2(C(=O)O)C[C@@H](OC)C2)c(Cl)c(OC)c1C(C)=O. The van der Waals surface area contributed by atoms with Gasteiger partial charge in [-0.05, 0) is 32.4 Å². The Morgan fingerprint density at radius 1 is 1.12 bits per heavy atom. The van der Waals surface area contributed by atoms with Crippen LogP contribution in [0, 0.1) is 0 Å². The van der Waals surface area contributed by atoms with Gasteiger partial charge in [-0.25, -0.2) is 9.59 Å². The molecule has 0 spiro atoms. The van der Waals surface area contributed by atoms with Gasteiger partial charge >= 0.3 is 12.0 Å². The summed E-state index contributed by atoms with van der Waals surface area (Å²) in [4.78, 5) is 39.6. The molecule has 10 nitrogen and oxygen atoms in total. The van der Waals surface area contributed by atoms with E-state index in [1.165, 1.54) is 33.2 Å². The second-order valence-corrected chi connectivity index (χ2v) is 10.2. The molecule has 0 heterocycles. The molecule has 2 N–H and O–H groups in total. The van der Waals surface area contributed by atoms with Crippen LogP contribution in [0.2, 0.25) is 5.02 Å². The number of carboxylic acid groups (broad SMARTS) is 1. The van der Waals surface area contributed by atoms with Gasteiger partial charge in [-0.2, -0.15) is 0 Å². The van der Waals surface area contributed by atoms with Crippen LogP contribution >= 0.6 is 11.6 Å². The third-order valence-corrected chi connectivity index (χ3v) is 7.77. The summed E-state index contributed by atoms with van der Waals surface area (Å²) < 4.78 is 22.2. The number of amides is 2. The van der Waals surface area contributed by atoms with Crippen LogP contribution in [0.5, 0.6) is 11.5 Å². The van der Waals surface area contributed by atoms with Crippen molar-refractivity contribution >= 4 is 29.4 Å². The Kier molecular flexibility index (Phi) is 10.4. The quantitative estimate of drug-likeness (QED) is 0.318. The van der Waals surface area contributed by atoms with Crippen LogP contribution in [0.4, 0.5) is 4.79 Å². The molecule has 2 aromatic carbocycles. The summed E-state index contributed by atoms with van der Waals surface area (Å²) in [6.07, 6.45) is -0.215. The van der Waals surface area contributed by atoms with E-state index in [2.05, 4.69) is 5.32 Å². The number of urea groups is 1. The first-order valence-electron chi connectivity index (χ1n) is 13.0. The molecular weight excluding hydrogens is 540 g/mol. The molecule has 0 saturated heterocycles. The fourth-order valence-corrected chi connectivity index (χ4v) is 5.28. The molecule has 218 valence electrons. The fourth-order valence-electron chi connectivity index (χ4n) is 4.90. The van der Waals surface area contributed by atoms with Crippen LogP contribution in [0.25, 0.3) is 0 Å². The number of nitrogens with one attached hydrogen (secondary N) is 1. The van der Waals surface area contributed by atoms with E-state index in [-0.39, 0.29) is 66.1 Å². The lowest BCUT2D eigenvalue weighted by Crippen LogP contribution is -2.66. The van der Waals surface area contributed by atoms with Gasteiger partial charge in [0.2, 0.25) is 0 Å². The number of rotatable bonds is 13. The standard InChI is InChI=1S/C29H37ClN2O8/c1-17(22-14-23(38-5)24(18(2)33)26(39-6)25(22)30)32(12-13-40-19(3)20-10-8-7-9-11-20)28(36)31-29(27(34)35)15-21(16-29)37-4/h7-11,14,17,19,21H,12-13,15-16H2,1-6H3,(H,31,36)(H,34,35)/t17-,19+,21-,29-/m1/s1. The van der Waals surface area contributed by atoms with Crippen molar-refractivity contribution in [3.63, 3.8) is 0 Å². The van der Waals surface area contributed by atoms with Gasteiger partial charge in [0.25, 0.3) is 0 Å². The third-order valence-electron chi connectivity index (χ3n) is 7.38. The zero-order valence-electron chi connectivity index (χ0n) is 23.7. The average molecular weight is 577 g/mol. The molecule has 2 amide bonds. The number of nitrogens with zero attached hydrogens (tertiary/aromatic N) is 1. The van der Waals surface area contributed by atoms with Gasteiger partial charge in [-0.1, -0.05) is 41.9 Å². The lowest BCUT2D eigenvalue weighted by Gasteiger charge is -2.45. The summed E-state index contributed by atoms with van der Waals surface area (Å²) in [5, 5.41) is 12.8. The van der Waals surface area contributed by atoms with Crippen LogP contribution < -0.4 is 14.8 Å². The Bertz CT molecular complexity index is 1220. The van der Waals surface area contributed by atoms with Crippen LogP contribution in [0.3, 0.4) is 0 Å². The highest BCUT2D eigenvalue weighted by molar-refractivity contribution is 6.33. The fraction of sp³-hybridized carbons (Fsp3) is 0.483. The van der Waals surface area contributed by atoms with Gasteiger partial charge in [0.05, 0.1) is 44.1 Å². The summed E-state index contributed by atoms with van der Waals surface area (Å²) in [6, 6.07) is 9.96. The smallest absolute Gasteiger partial charge is 0.329 e. The van der Waals surface area contributed by atoms with Crippen LogP contribution in [-0.4, -0.2) is 73.9 Å². The Morgan fingerprint density at radius 3 is 2.30 bits per heavy atom. The summed E-state index contributed by atoms with van der Waals surface area (Å²) in [5.41, 5.74) is 0.172. The number of carboxylic acids is 1. The Morgan fingerprint density at radius 2 is 1.77 bits per heavy atom. The van der Waals surface area contributed by atoms with E-state index >= 15 is 0 Å². The maximum Gasteiger partial charge on any atom is 0.329 e. The maximum absolute atomic E-state index is 13.7. The van der Waals surface area contributed by atoms with Crippen LogP contribution in [-0.2, 0) is 14.3 Å². The van der Waals surface area contributed by atoms with Crippen molar-refractivity contribution in [1.29, 1.82) is 0 Å². The van der Waals surface area contributed by atoms with E-state index in [1.54, 1.807) is 13.0 Å². The van der Waals surface area contributed by atoms with Crippen molar-refractivity contribution in [2.24, 2.45) is 0 Å². The number of hydrogen-bond acceptors (Lipinski definition) is 7. The molecular formula is C29H37ClN2O8.